The molecular weight excluding hydrogens is 274 g/mol. The van der Waals surface area contributed by atoms with Crippen molar-refractivity contribution in [1.29, 1.82) is 0 Å². The zero-order valence-electron chi connectivity index (χ0n) is 11.5. The molecule has 6 heteroatoms. The molecule has 0 atom stereocenters. The maximum absolute atomic E-state index is 12.3. The first-order valence-corrected chi connectivity index (χ1v) is 8.57. The number of nitrogens with one attached hydrogen (secondary N) is 2. The molecule has 20 heavy (non-hydrogen) atoms. The highest BCUT2D eigenvalue weighted by atomic mass is 32.2. The van der Waals surface area contributed by atoms with Gasteiger partial charge in [-0.2, -0.15) is 0 Å². The van der Waals surface area contributed by atoms with Gasteiger partial charge >= 0.3 is 0 Å². The molecule has 0 aromatic heterocycles. The van der Waals surface area contributed by atoms with Gasteiger partial charge in [-0.25, -0.2) is 18.1 Å². The van der Waals surface area contributed by atoms with Crippen LogP contribution in [0.4, 0.5) is 5.69 Å². The Bertz CT molecular complexity index is 646. The van der Waals surface area contributed by atoms with E-state index < -0.39 is 10.0 Å². The molecule has 0 amide bonds. The molecule has 1 heterocycles. The van der Waals surface area contributed by atoms with Gasteiger partial charge in [0.2, 0.25) is 5.96 Å². The Labute approximate surface area is 119 Å². The first-order valence-electron chi connectivity index (χ1n) is 7.09. The molecule has 1 aliphatic carbocycles. The van der Waals surface area contributed by atoms with Gasteiger partial charge in [-0.05, 0) is 37.0 Å². The molecule has 1 saturated carbocycles. The number of fused-ring (bicyclic) bond motifs is 1. The fraction of sp³-hybridized carbons (Fsp3) is 0.500. The lowest BCUT2D eigenvalue weighted by Crippen LogP contribution is -2.41. The van der Waals surface area contributed by atoms with Crippen LogP contribution in [0, 0.1) is 0 Å². The van der Waals surface area contributed by atoms with E-state index in [-0.39, 0.29) is 6.04 Å². The largest absolute Gasteiger partial charge is 0.324 e. The van der Waals surface area contributed by atoms with E-state index in [1.807, 2.05) is 19.1 Å². The van der Waals surface area contributed by atoms with Crippen LogP contribution in [0.25, 0.3) is 0 Å². The van der Waals surface area contributed by atoms with Crippen LogP contribution in [0.3, 0.4) is 0 Å². The second-order valence-electron chi connectivity index (χ2n) is 5.33. The molecule has 1 aromatic carbocycles. The molecule has 2 N–H and O–H groups in total. The molecule has 0 radical (unpaired) electrons. The summed E-state index contributed by atoms with van der Waals surface area (Å²) in [4.78, 5) is 4.79. The number of sulfonamides is 1. The summed E-state index contributed by atoms with van der Waals surface area (Å²) in [5, 5.41) is 3.09. The van der Waals surface area contributed by atoms with Crippen LogP contribution >= 0.6 is 0 Å². The van der Waals surface area contributed by atoms with Crippen molar-refractivity contribution in [2.24, 2.45) is 4.99 Å². The van der Waals surface area contributed by atoms with E-state index in [1.54, 1.807) is 6.07 Å². The fourth-order valence-electron chi connectivity index (χ4n) is 2.72. The van der Waals surface area contributed by atoms with E-state index in [2.05, 4.69) is 15.0 Å². The Morgan fingerprint density at radius 2 is 2.05 bits per heavy atom. The van der Waals surface area contributed by atoms with Crippen LogP contribution in [-0.4, -0.2) is 20.4 Å². The van der Waals surface area contributed by atoms with E-state index in [1.165, 1.54) is 12.8 Å². The maximum atomic E-state index is 12.3. The molecule has 5 nitrogen and oxygen atoms in total. The summed E-state index contributed by atoms with van der Waals surface area (Å²) in [6.45, 7) is 2.00. The van der Waals surface area contributed by atoms with Gasteiger partial charge in [-0.3, -0.25) is 0 Å². The van der Waals surface area contributed by atoms with E-state index >= 15 is 0 Å². The minimum absolute atomic E-state index is 0.233. The highest BCUT2D eigenvalue weighted by Gasteiger charge is 2.27. The third-order valence-corrected chi connectivity index (χ3v) is 5.24. The second kappa shape index (κ2) is 5.09. The van der Waals surface area contributed by atoms with Gasteiger partial charge < -0.3 is 5.32 Å². The van der Waals surface area contributed by atoms with Crippen molar-refractivity contribution in [2.75, 3.05) is 5.32 Å². The van der Waals surface area contributed by atoms with Crippen molar-refractivity contribution >= 4 is 21.7 Å². The standard InChI is InChI=1S/C14H19N3O2S/c1-2-10-7-8-12-13(9-10)20(18,19)17-14(16-12)15-11-5-3-4-6-11/h7-9,11H,2-6H2,1H3,(H2,15,16,17). The van der Waals surface area contributed by atoms with Crippen molar-refractivity contribution < 1.29 is 8.42 Å². The molecule has 1 aliphatic heterocycles. The normalized spacial score (nSPS) is 23.1. The summed E-state index contributed by atoms with van der Waals surface area (Å²) in [5.41, 5.74) is 1.62. The summed E-state index contributed by atoms with van der Waals surface area (Å²) < 4.78 is 27.1. The van der Waals surface area contributed by atoms with Gasteiger partial charge in [0, 0.05) is 0 Å². The SMILES string of the molecule is CCc1ccc2c(c1)S(=O)(=O)NC(=NC1CCCC1)N2. The van der Waals surface area contributed by atoms with E-state index in [0.717, 1.165) is 24.8 Å². The molecular formula is C14H19N3O2S. The van der Waals surface area contributed by atoms with Gasteiger partial charge in [-0.1, -0.05) is 25.8 Å². The lowest BCUT2D eigenvalue weighted by atomic mass is 10.1. The Morgan fingerprint density at radius 1 is 1.30 bits per heavy atom. The zero-order chi connectivity index (χ0) is 14.2. The van der Waals surface area contributed by atoms with E-state index in [4.69, 9.17) is 0 Å². The van der Waals surface area contributed by atoms with Gasteiger partial charge in [0.15, 0.2) is 0 Å². The number of aryl methyl sites for hydroxylation is 1. The minimum atomic E-state index is -3.51. The van der Waals surface area contributed by atoms with Crippen LogP contribution in [0.5, 0.6) is 0 Å². The highest BCUT2D eigenvalue weighted by Crippen LogP contribution is 2.27. The van der Waals surface area contributed by atoms with Gasteiger partial charge in [-0.15, -0.1) is 0 Å². The number of benzene rings is 1. The predicted octanol–water partition coefficient (Wildman–Crippen LogP) is 2.25. The summed E-state index contributed by atoms with van der Waals surface area (Å²) in [7, 11) is -3.51. The fourth-order valence-corrected chi connectivity index (χ4v) is 3.91. The number of nitrogens with zero attached hydrogens (tertiary/aromatic N) is 1. The number of anilines is 1. The molecule has 0 unspecified atom stereocenters. The molecule has 1 fully saturated rings. The molecule has 108 valence electrons. The van der Waals surface area contributed by atoms with Gasteiger partial charge in [0.1, 0.15) is 4.90 Å². The second-order valence-corrected chi connectivity index (χ2v) is 6.98. The lowest BCUT2D eigenvalue weighted by Gasteiger charge is -2.22. The Hall–Kier alpha value is -1.56. The lowest BCUT2D eigenvalue weighted by molar-refractivity contribution is 0.591. The number of rotatable bonds is 2. The summed E-state index contributed by atoms with van der Waals surface area (Å²) >= 11 is 0. The van der Waals surface area contributed by atoms with Crippen LogP contribution in [0.2, 0.25) is 0 Å². The zero-order valence-corrected chi connectivity index (χ0v) is 12.3. The third kappa shape index (κ3) is 2.52. The van der Waals surface area contributed by atoms with E-state index in [0.29, 0.717) is 16.5 Å². The van der Waals surface area contributed by atoms with Crippen molar-refractivity contribution in [2.45, 2.75) is 50.0 Å². The molecule has 2 aliphatic rings. The monoisotopic (exact) mass is 293 g/mol. The number of aliphatic imine (C=N–C) groups is 1. The number of guanidine groups is 1. The van der Waals surface area contributed by atoms with Crippen molar-refractivity contribution in [1.82, 2.24) is 4.72 Å². The average Bonchev–Trinajstić information content (AvgIpc) is 2.90. The Balaban J connectivity index is 1.95. The topological polar surface area (TPSA) is 70.6 Å². The Morgan fingerprint density at radius 3 is 2.75 bits per heavy atom. The van der Waals surface area contributed by atoms with Crippen LogP contribution in [-0.2, 0) is 16.4 Å². The first kappa shape index (κ1) is 13.4. The molecule has 0 bridgehead atoms. The predicted molar refractivity (Wildman–Crippen MR) is 79.5 cm³/mol. The van der Waals surface area contributed by atoms with Crippen LogP contribution in [0.15, 0.2) is 28.1 Å². The number of hydrogen-bond acceptors (Lipinski definition) is 3. The molecule has 0 spiro atoms. The quantitative estimate of drug-likeness (QED) is 0.878. The number of hydrogen-bond donors (Lipinski definition) is 2. The average molecular weight is 293 g/mol. The molecule has 1 aromatic rings. The molecule has 3 rings (SSSR count). The van der Waals surface area contributed by atoms with Gasteiger partial charge in [0.25, 0.3) is 10.0 Å². The Kier molecular flexibility index (Phi) is 3.41. The van der Waals surface area contributed by atoms with Crippen LogP contribution < -0.4 is 10.0 Å². The summed E-state index contributed by atoms with van der Waals surface area (Å²) in [6, 6.07) is 5.71. The minimum Gasteiger partial charge on any atom is -0.324 e. The highest BCUT2D eigenvalue weighted by molar-refractivity contribution is 7.90. The smallest absolute Gasteiger partial charge is 0.266 e. The van der Waals surface area contributed by atoms with E-state index in [9.17, 15) is 8.42 Å². The van der Waals surface area contributed by atoms with Crippen molar-refractivity contribution in [3.63, 3.8) is 0 Å². The van der Waals surface area contributed by atoms with Crippen LogP contribution in [0.1, 0.15) is 38.2 Å². The van der Waals surface area contributed by atoms with Gasteiger partial charge in [0.05, 0.1) is 11.7 Å². The third-order valence-electron chi connectivity index (χ3n) is 3.86. The molecule has 0 saturated heterocycles. The first-order chi connectivity index (χ1) is 9.58. The summed E-state index contributed by atoms with van der Waals surface area (Å²) in [6.07, 6.45) is 5.23. The summed E-state index contributed by atoms with van der Waals surface area (Å²) in [5.74, 6) is 0.355. The maximum Gasteiger partial charge on any atom is 0.266 e. The van der Waals surface area contributed by atoms with Crippen molar-refractivity contribution in [3.05, 3.63) is 23.8 Å². The van der Waals surface area contributed by atoms with Crippen molar-refractivity contribution in [3.8, 4) is 0 Å².